The fourth-order valence-electron chi connectivity index (χ4n) is 2.25. The predicted octanol–water partition coefficient (Wildman–Crippen LogP) is 1.79. The van der Waals surface area contributed by atoms with Gasteiger partial charge in [0, 0.05) is 6.07 Å². The van der Waals surface area contributed by atoms with Crippen LogP contribution in [0.2, 0.25) is 0 Å². The van der Waals surface area contributed by atoms with Crippen LogP contribution in [-0.4, -0.2) is 22.4 Å². The summed E-state index contributed by atoms with van der Waals surface area (Å²) in [5.41, 5.74) is 1.19. The van der Waals surface area contributed by atoms with E-state index in [-0.39, 0.29) is 30.7 Å². The number of hydrogen-bond acceptors (Lipinski definition) is 6. The molecular formula is C15H10N4O4. The van der Waals surface area contributed by atoms with Crippen molar-refractivity contribution in [3.63, 3.8) is 0 Å². The average Bonchev–Trinajstić information content (AvgIpc) is 2.57. The molecule has 1 aromatic carbocycles. The second kappa shape index (κ2) is 5.73. The number of nitro groups is 1. The second-order valence-corrected chi connectivity index (χ2v) is 4.83. The molecule has 0 fully saturated rings. The van der Waals surface area contributed by atoms with Gasteiger partial charge in [0.1, 0.15) is 0 Å². The summed E-state index contributed by atoms with van der Waals surface area (Å²) in [7, 11) is 0. The average molecular weight is 310 g/mol. The van der Waals surface area contributed by atoms with Gasteiger partial charge in [0.2, 0.25) is 0 Å². The Labute approximate surface area is 130 Å². The van der Waals surface area contributed by atoms with Gasteiger partial charge in [-0.1, -0.05) is 12.1 Å². The van der Waals surface area contributed by atoms with Crippen molar-refractivity contribution in [3.8, 4) is 11.8 Å². The Bertz CT molecular complexity index is 844. The van der Waals surface area contributed by atoms with Gasteiger partial charge in [-0.05, 0) is 33.7 Å². The van der Waals surface area contributed by atoms with E-state index in [4.69, 9.17) is 10.00 Å². The van der Waals surface area contributed by atoms with Crippen molar-refractivity contribution in [2.75, 3.05) is 11.5 Å². The highest BCUT2D eigenvalue weighted by Gasteiger charge is 2.32. The van der Waals surface area contributed by atoms with Gasteiger partial charge in [0.05, 0.1) is 18.2 Å². The molecule has 8 heteroatoms. The molecule has 0 unspecified atom stereocenters. The maximum Gasteiger partial charge on any atom is 0.366 e. The van der Waals surface area contributed by atoms with E-state index in [1.54, 1.807) is 24.3 Å². The second-order valence-electron chi connectivity index (χ2n) is 4.83. The summed E-state index contributed by atoms with van der Waals surface area (Å²) >= 11 is 0. The van der Waals surface area contributed by atoms with Crippen LogP contribution in [0.5, 0.6) is 5.75 Å². The number of rotatable bonds is 3. The maximum atomic E-state index is 12.1. The van der Waals surface area contributed by atoms with Gasteiger partial charge < -0.3 is 14.9 Å². The number of nitrogens with zero attached hydrogens (tertiary/aromatic N) is 4. The maximum absolute atomic E-state index is 12.1. The van der Waals surface area contributed by atoms with Crippen LogP contribution in [-0.2, 0) is 11.3 Å². The van der Waals surface area contributed by atoms with Crippen molar-refractivity contribution in [2.45, 2.75) is 6.54 Å². The van der Waals surface area contributed by atoms with Gasteiger partial charge in [0.15, 0.2) is 12.4 Å². The Morgan fingerprint density at radius 2 is 2.22 bits per heavy atom. The number of carbonyl (C=O) groups is 1. The third kappa shape index (κ3) is 2.80. The number of fused-ring (bicyclic) bond motifs is 1. The van der Waals surface area contributed by atoms with E-state index in [0.29, 0.717) is 11.3 Å². The fraction of sp³-hybridized carbons (Fsp3) is 0.133. The molecule has 1 aromatic heterocycles. The summed E-state index contributed by atoms with van der Waals surface area (Å²) in [5.74, 6) is -0.296. The molecule has 1 aliphatic heterocycles. The first-order valence-electron chi connectivity index (χ1n) is 6.66. The number of nitriles is 1. The molecule has 0 saturated carbocycles. The summed E-state index contributed by atoms with van der Waals surface area (Å²) in [5, 5.41) is 19.8. The van der Waals surface area contributed by atoms with Crippen molar-refractivity contribution >= 4 is 17.5 Å². The van der Waals surface area contributed by atoms with Gasteiger partial charge in [-0.15, -0.1) is 0 Å². The zero-order valence-electron chi connectivity index (χ0n) is 11.8. The molecule has 114 valence electrons. The number of amides is 1. The minimum Gasteiger partial charge on any atom is -0.477 e. The quantitative estimate of drug-likeness (QED) is 0.631. The van der Waals surface area contributed by atoms with E-state index in [2.05, 4.69) is 4.98 Å². The van der Waals surface area contributed by atoms with Crippen molar-refractivity contribution in [2.24, 2.45) is 0 Å². The van der Waals surface area contributed by atoms with Crippen molar-refractivity contribution < 1.29 is 14.5 Å². The molecule has 2 aromatic rings. The van der Waals surface area contributed by atoms with Gasteiger partial charge in [-0.2, -0.15) is 5.26 Å². The normalized spacial score (nSPS) is 13.0. The highest BCUT2D eigenvalue weighted by atomic mass is 16.6. The number of anilines is 1. The zero-order valence-corrected chi connectivity index (χ0v) is 11.8. The number of hydrogen-bond donors (Lipinski definition) is 0. The van der Waals surface area contributed by atoms with E-state index >= 15 is 0 Å². The standard InChI is InChI=1S/C15H10N4O4/c16-7-10-2-1-3-11(6-10)8-18-14(20)9-23-12-4-5-13(19(21)22)17-15(12)18/h1-6H,8-9H2. The van der Waals surface area contributed by atoms with Gasteiger partial charge in [-0.3, -0.25) is 9.69 Å². The number of pyridine rings is 1. The smallest absolute Gasteiger partial charge is 0.366 e. The number of carbonyl (C=O) groups excluding carboxylic acids is 1. The van der Waals surface area contributed by atoms with Gasteiger partial charge in [0.25, 0.3) is 11.7 Å². The van der Waals surface area contributed by atoms with Crippen LogP contribution in [0.15, 0.2) is 36.4 Å². The molecule has 3 rings (SSSR count). The van der Waals surface area contributed by atoms with Crippen molar-refractivity contribution in [1.82, 2.24) is 4.98 Å². The summed E-state index contributed by atoms with van der Waals surface area (Å²) in [6.45, 7) is -0.0106. The first-order chi connectivity index (χ1) is 11.1. The van der Waals surface area contributed by atoms with E-state index in [1.807, 2.05) is 6.07 Å². The van der Waals surface area contributed by atoms with Crippen LogP contribution < -0.4 is 9.64 Å². The molecule has 23 heavy (non-hydrogen) atoms. The van der Waals surface area contributed by atoms with Gasteiger partial charge in [-0.25, -0.2) is 0 Å². The number of aromatic nitrogens is 1. The molecule has 0 atom stereocenters. The van der Waals surface area contributed by atoms with E-state index in [9.17, 15) is 14.9 Å². The first kappa shape index (κ1) is 14.5. The van der Waals surface area contributed by atoms with Crippen LogP contribution in [0.25, 0.3) is 0 Å². The lowest BCUT2D eigenvalue weighted by atomic mass is 10.1. The molecule has 0 saturated heterocycles. The number of benzene rings is 1. The molecule has 1 aliphatic rings. The molecule has 2 heterocycles. The lowest BCUT2D eigenvalue weighted by Gasteiger charge is -2.25. The van der Waals surface area contributed by atoms with E-state index in [0.717, 1.165) is 5.56 Å². The molecular weight excluding hydrogens is 300 g/mol. The Hall–Kier alpha value is -3.47. The van der Waals surface area contributed by atoms with Crippen LogP contribution in [0.4, 0.5) is 11.6 Å². The van der Waals surface area contributed by atoms with Gasteiger partial charge >= 0.3 is 5.82 Å². The monoisotopic (exact) mass is 310 g/mol. The van der Waals surface area contributed by atoms with E-state index < -0.39 is 4.92 Å². The largest absolute Gasteiger partial charge is 0.477 e. The molecule has 0 spiro atoms. The molecule has 0 bridgehead atoms. The minimum atomic E-state index is -0.631. The van der Waals surface area contributed by atoms with Crippen LogP contribution in [0.3, 0.4) is 0 Å². The third-order valence-electron chi connectivity index (χ3n) is 3.32. The summed E-state index contributed by atoms with van der Waals surface area (Å²) in [4.78, 5) is 27.6. The summed E-state index contributed by atoms with van der Waals surface area (Å²) < 4.78 is 5.25. The summed E-state index contributed by atoms with van der Waals surface area (Å²) in [6, 6.07) is 11.5. The highest BCUT2D eigenvalue weighted by molar-refractivity contribution is 5.96. The third-order valence-corrected chi connectivity index (χ3v) is 3.32. The Kier molecular flexibility index (Phi) is 3.60. The van der Waals surface area contributed by atoms with Crippen LogP contribution >= 0.6 is 0 Å². The highest BCUT2D eigenvalue weighted by Crippen LogP contribution is 2.33. The van der Waals surface area contributed by atoms with Crippen LogP contribution in [0, 0.1) is 21.4 Å². The Morgan fingerprint density at radius 1 is 1.39 bits per heavy atom. The lowest BCUT2D eigenvalue weighted by molar-refractivity contribution is -0.389. The first-order valence-corrected chi connectivity index (χ1v) is 6.66. The molecule has 0 radical (unpaired) electrons. The SMILES string of the molecule is N#Cc1cccc(CN2C(=O)COc3ccc([N+](=O)[O-])nc32)c1. The Balaban J connectivity index is 1.99. The molecule has 1 amide bonds. The summed E-state index contributed by atoms with van der Waals surface area (Å²) in [6.07, 6.45) is 0. The molecule has 0 N–H and O–H groups in total. The lowest BCUT2D eigenvalue weighted by Crippen LogP contribution is -2.39. The molecule has 8 nitrogen and oxygen atoms in total. The van der Waals surface area contributed by atoms with Crippen LogP contribution in [0.1, 0.15) is 11.1 Å². The fourth-order valence-corrected chi connectivity index (χ4v) is 2.25. The van der Waals surface area contributed by atoms with Crippen molar-refractivity contribution in [3.05, 3.63) is 57.6 Å². The van der Waals surface area contributed by atoms with E-state index in [1.165, 1.54) is 17.0 Å². The Morgan fingerprint density at radius 3 is 2.96 bits per heavy atom. The number of ether oxygens (including phenoxy) is 1. The van der Waals surface area contributed by atoms with Crippen molar-refractivity contribution in [1.29, 1.82) is 5.26 Å². The zero-order chi connectivity index (χ0) is 16.4. The predicted molar refractivity (Wildman–Crippen MR) is 78.7 cm³/mol. The minimum absolute atomic E-state index is 0.109. The molecule has 0 aliphatic carbocycles. The topological polar surface area (TPSA) is 109 Å².